The number of hydrogen-bond donors (Lipinski definition) is 3. The van der Waals surface area contributed by atoms with Gasteiger partial charge in [0, 0.05) is 17.1 Å². The molecule has 0 amide bonds. The third-order valence-electron chi connectivity index (χ3n) is 2.75. The Morgan fingerprint density at radius 3 is 2.42 bits per heavy atom. The molecule has 0 atom stereocenters. The Morgan fingerprint density at radius 2 is 1.84 bits per heavy atom. The molecule has 0 aliphatic heterocycles. The standard InChI is InChI=1S/C14H13FN2O2/c1-8-6-11(7-12(13(8)16)14(18)19)17-10-4-2-9(15)3-5-10/h2-7,17H,16H2,1H3,(H,18,19). The zero-order chi connectivity index (χ0) is 14.0. The summed E-state index contributed by atoms with van der Waals surface area (Å²) < 4.78 is 12.8. The number of aromatic carboxylic acids is 1. The van der Waals surface area contributed by atoms with Crippen molar-refractivity contribution >= 4 is 23.0 Å². The lowest BCUT2D eigenvalue weighted by atomic mass is 10.1. The van der Waals surface area contributed by atoms with Crippen molar-refractivity contribution in [1.29, 1.82) is 0 Å². The molecular formula is C14H13FN2O2. The van der Waals surface area contributed by atoms with E-state index in [1.54, 1.807) is 25.1 Å². The van der Waals surface area contributed by atoms with E-state index in [4.69, 9.17) is 10.8 Å². The first-order valence-corrected chi connectivity index (χ1v) is 5.63. The number of carboxylic acids is 1. The molecule has 5 heteroatoms. The van der Waals surface area contributed by atoms with Crippen molar-refractivity contribution in [2.75, 3.05) is 11.1 Å². The maximum atomic E-state index is 12.8. The number of nitrogens with two attached hydrogens (primary N) is 1. The van der Waals surface area contributed by atoms with Crippen LogP contribution in [0.1, 0.15) is 15.9 Å². The van der Waals surface area contributed by atoms with Gasteiger partial charge >= 0.3 is 5.97 Å². The Morgan fingerprint density at radius 1 is 1.21 bits per heavy atom. The molecule has 0 aliphatic rings. The van der Waals surface area contributed by atoms with Crippen molar-refractivity contribution in [3.63, 3.8) is 0 Å². The SMILES string of the molecule is Cc1cc(Nc2ccc(F)cc2)cc(C(=O)O)c1N. The number of rotatable bonds is 3. The lowest BCUT2D eigenvalue weighted by molar-refractivity contribution is 0.0698. The minimum absolute atomic E-state index is 0.0459. The molecule has 4 nitrogen and oxygen atoms in total. The third-order valence-corrected chi connectivity index (χ3v) is 2.75. The highest BCUT2D eigenvalue weighted by Crippen LogP contribution is 2.25. The number of aryl methyl sites for hydroxylation is 1. The van der Waals surface area contributed by atoms with E-state index >= 15 is 0 Å². The Labute approximate surface area is 109 Å². The molecule has 2 aromatic carbocycles. The molecule has 2 rings (SSSR count). The van der Waals surface area contributed by atoms with Crippen LogP contribution >= 0.6 is 0 Å². The number of carboxylic acid groups (broad SMARTS) is 1. The molecule has 0 aromatic heterocycles. The second kappa shape index (κ2) is 4.97. The summed E-state index contributed by atoms with van der Waals surface area (Å²) in [5, 5.41) is 12.1. The fraction of sp³-hybridized carbons (Fsp3) is 0.0714. The second-order valence-corrected chi connectivity index (χ2v) is 4.19. The summed E-state index contributed by atoms with van der Waals surface area (Å²) in [4.78, 5) is 11.1. The largest absolute Gasteiger partial charge is 0.478 e. The molecule has 0 saturated carbocycles. The van der Waals surface area contributed by atoms with E-state index in [0.29, 0.717) is 16.9 Å². The van der Waals surface area contributed by atoms with E-state index in [2.05, 4.69) is 5.32 Å². The molecule has 2 aromatic rings. The maximum Gasteiger partial charge on any atom is 0.337 e. The molecule has 0 bridgehead atoms. The van der Waals surface area contributed by atoms with Crippen LogP contribution in [0.25, 0.3) is 0 Å². The molecule has 0 spiro atoms. The van der Waals surface area contributed by atoms with Crippen LogP contribution in [0.4, 0.5) is 21.5 Å². The smallest absolute Gasteiger partial charge is 0.337 e. The first-order chi connectivity index (χ1) is 8.97. The minimum atomic E-state index is -1.08. The van der Waals surface area contributed by atoms with Crippen molar-refractivity contribution in [2.45, 2.75) is 6.92 Å². The predicted octanol–water partition coefficient (Wildman–Crippen LogP) is 3.16. The molecule has 0 radical (unpaired) electrons. The van der Waals surface area contributed by atoms with Gasteiger partial charge in [0.25, 0.3) is 0 Å². The molecule has 0 saturated heterocycles. The van der Waals surface area contributed by atoms with Gasteiger partial charge in [-0.05, 0) is 48.9 Å². The van der Waals surface area contributed by atoms with Crippen molar-refractivity contribution in [1.82, 2.24) is 0 Å². The van der Waals surface area contributed by atoms with E-state index in [1.165, 1.54) is 18.2 Å². The molecule has 0 unspecified atom stereocenters. The number of halogens is 1. The van der Waals surface area contributed by atoms with Crippen LogP contribution in [0.3, 0.4) is 0 Å². The molecule has 98 valence electrons. The summed E-state index contributed by atoms with van der Waals surface area (Å²) in [6, 6.07) is 8.98. The van der Waals surface area contributed by atoms with Gasteiger partial charge in [-0.15, -0.1) is 0 Å². The molecular weight excluding hydrogens is 247 g/mol. The summed E-state index contributed by atoms with van der Waals surface area (Å²) in [7, 11) is 0. The average molecular weight is 260 g/mol. The topological polar surface area (TPSA) is 75.3 Å². The van der Waals surface area contributed by atoms with Crippen LogP contribution in [0.15, 0.2) is 36.4 Å². The van der Waals surface area contributed by atoms with Gasteiger partial charge in [0.15, 0.2) is 0 Å². The Bertz CT molecular complexity index is 624. The monoisotopic (exact) mass is 260 g/mol. The van der Waals surface area contributed by atoms with Crippen LogP contribution in [0, 0.1) is 12.7 Å². The highest BCUT2D eigenvalue weighted by atomic mass is 19.1. The Kier molecular flexibility index (Phi) is 3.37. The highest BCUT2D eigenvalue weighted by molar-refractivity contribution is 5.96. The summed E-state index contributed by atoms with van der Waals surface area (Å²) in [5.41, 5.74) is 7.93. The zero-order valence-electron chi connectivity index (χ0n) is 10.3. The summed E-state index contributed by atoms with van der Waals surface area (Å²) >= 11 is 0. The van der Waals surface area contributed by atoms with Crippen LogP contribution in [0.5, 0.6) is 0 Å². The van der Waals surface area contributed by atoms with Gasteiger partial charge in [-0.2, -0.15) is 0 Å². The third kappa shape index (κ3) is 2.82. The maximum absolute atomic E-state index is 12.8. The minimum Gasteiger partial charge on any atom is -0.478 e. The number of anilines is 3. The fourth-order valence-electron chi connectivity index (χ4n) is 1.75. The van der Waals surface area contributed by atoms with E-state index in [9.17, 15) is 9.18 Å². The van der Waals surface area contributed by atoms with Gasteiger partial charge in [-0.3, -0.25) is 0 Å². The van der Waals surface area contributed by atoms with Gasteiger partial charge in [-0.1, -0.05) is 0 Å². The van der Waals surface area contributed by atoms with Crippen molar-refractivity contribution in [3.05, 3.63) is 53.3 Å². The van der Waals surface area contributed by atoms with E-state index in [-0.39, 0.29) is 17.1 Å². The van der Waals surface area contributed by atoms with Crippen LogP contribution < -0.4 is 11.1 Å². The predicted molar refractivity (Wildman–Crippen MR) is 72.2 cm³/mol. The van der Waals surface area contributed by atoms with Gasteiger partial charge in [0.2, 0.25) is 0 Å². The van der Waals surface area contributed by atoms with Crippen LogP contribution in [-0.2, 0) is 0 Å². The van der Waals surface area contributed by atoms with E-state index in [0.717, 1.165) is 0 Å². The number of carbonyl (C=O) groups is 1. The fourth-order valence-corrected chi connectivity index (χ4v) is 1.75. The Balaban J connectivity index is 2.35. The van der Waals surface area contributed by atoms with Gasteiger partial charge < -0.3 is 16.2 Å². The molecule has 0 fully saturated rings. The van der Waals surface area contributed by atoms with E-state index in [1.807, 2.05) is 0 Å². The molecule has 0 aliphatic carbocycles. The summed E-state index contributed by atoms with van der Waals surface area (Å²) in [6.45, 7) is 1.73. The zero-order valence-corrected chi connectivity index (χ0v) is 10.3. The van der Waals surface area contributed by atoms with E-state index < -0.39 is 5.97 Å². The number of nitrogen functional groups attached to an aromatic ring is 1. The van der Waals surface area contributed by atoms with Crippen molar-refractivity contribution < 1.29 is 14.3 Å². The van der Waals surface area contributed by atoms with Crippen molar-refractivity contribution in [2.24, 2.45) is 0 Å². The second-order valence-electron chi connectivity index (χ2n) is 4.19. The van der Waals surface area contributed by atoms with Gasteiger partial charge in [0.1, 0.15) is 5.82 Å². The van der Waals surface area contributed by atoms with Crippen LogP contribution in [0.2, 0.25) is 0 Å². The highest BCUT2D eigenvalue weighted by Gasteiger charge is 2.11. The normalized spacial score (nSPS) is 10.2. The molecule has 4 N–H and O–H groups in total. The van der Waals surface area contributed by atoms with Crippen LogP contribution in [-0.4, -0.2) is 11.1 Å². The lowest BCUT2D eigenvalue weighted by Crippen LogP contribution is -2.05. The van der Waals surface area contributed by atoms with Gasteiger partial charge in [-0.25, -0.2) is 9.18 Å². The number of nitrogens with one attached hydrogen (secondary N) is 1. The van der Waals surface area contributed by atoms with Gasteiger partial charge in [0.05, 0.1) is 5.56 Å². The molecule has 0 heterocycles. The quantitative estimate of drug-likeness (QED) is 0.741. The summed E-state index contributed by atoms with van der Waals surface area (Å²) in [5.74, 6) is -1.41. The van der Waals surface area contributed by atoms with Crippen molar-refractivity contribution in [3.8, 4) is 0 Å². The lowest BCUT2D eigenvalue weighted by Gasteiger charge is -2.11. The summed E-state index contributed by atoms with van der Waals surface area (Å²) in [6.07, 6.45) is 0. The first-order valence-electron chi connectivity index (χ1n) is 5.63. The average Bonchev–Trinajstić information content (AvgIpc) is 2.36. The first kappa shape index (κ1) is 12.9. The number of benzene rings is 2. The number of hydrogen-bond acceptors (Lipinski definition) is 3. The molecule has 19 heavy (non-hydrogen) atoms. The Hall–Kier alpha value is -2.56.